The topological polar surface area (TPSA) is 0 Å². The molecule has 0 aromatic heterocycles. The van der Waals surface area contributed by atoms with Crippen molar-refractivity contribution in [3.05, 3.63) is 146 Å². The molecular weight excluding hydrogens is 766 g/mol. The molecule has 0 aliphatic heterocycles. The van der Waals surface area contributed by atoms with Crippen LogP contribution in [0.1, 0.15) is 80.8 Å². The van der Waals surface area contributed by atoms with Gasteiger partial charge in [-0.15, -0.1) is 69.1 Å². The van der Waals surface area contributed by atoms with E-state index in [4.69, 9.17) is 0 Å². The summed E-state index contributed by atoms with van der Waals surface area (Å²) < 4.78 is 0. The first-order valence-electron chi connectivity index (χ1n) is 16.3. The predicted octanol–water partition coefficient (Wildman–Crippen LogP) is 6.82. The summed E-state index contributed by atoms with van der Waals surface area (Å²) >= 11 is 0. The SMILES string of the molecule is [CH2-]C[CH2-].[Cl-].[Cl-].[Hf].c1ccc(-c2cccc3[cH-]c(C4CCCC4)cc23)cc1.c1ccc(-c2cccc3[cH-]c(C4CCCC4)cc23)cc1. The Balaban J connectivity index is 0.000000218. The fourth-order valence-corrected chi connectivity index (χ4v) is 7.24. The maximum absolute atomic E-state index is 3.38. The van der Waals surface area contributed by atoms with Gasteiger partial charge in [0.2, 0.25) is 0 Å². The Morgan fingerprint density at radius 2 is 0.848 bits per heavy atom. The second-order valence-electron chi connectivity index (χ2n) is 12.2. The zero-order valence-corrected chi connectivity index (χ0v) is 31.8. The molecule has 0 spiro atoms. The third-order valence-electron chi connectivity index (χ3n) is 9.37. The average Bonchev–Trinajstić information content (AvgIpc) is 3.88. The van der Waals surface area contributed by atoms with Crippen molar-refractivity contribution < 1.29 is 50.7 Å². The van der Waals surface area contributed by atoms with E-state index in [1.165, 1.54) is 95.2 Å². The van der Waals surface area contributed by atoms with E-state index in [9.17, 15) is 0 Å². The summed E-state index contributed by atoms with van der Waals surface area (Å²) in [6.45, 7) is 6.75. The van der Waals surface area contributed by atoms with Crippen LogP contribution in [0.25, 0.3) is 43.8 Å². The van der Waals surface area contributed by atoms with Crippen LogP contribution in [0, 0.1) is 13.8 Å². The molecular formula is C43H44Cl2Hf-6. The Morgan fingerprint density at radius 3 is 1.20 bits per heavy atom. The van der Waals surface area contributed by atoms with E-state index in [2.05, 4.69) is 135 Å². The zero-order chi connectivity index (χ0) is 29.4. The van der Waals surface area contributed by atoms with Gasteiger partial charge in [-0.2, -0.15) is 12.1 Å². The van der Waals surface area contributed by atoms with E-state index in [0.717, 1.165) is 18.3 Å². The minimum absolute atomic E-state index is 0. The molecule has 6 aromatic rings. The molecule has 0 saturated heterocycles. The van der Waals surface area contributed by atoms with Crippen LogP contribution in [-0.2, 0) is 25.8 Å². The maximum atomic E-state index is 3.38. The van der Waals surface area contributed by atoms with Gasteiger partial charge in [-0.3, -0.25) is 0 Å². The van der Waals surface area contributed by atoms with Crippen LogP contribution < -0.4 is 24.8 Å². The molecule has 0 radical (unpaired) electrons. The molecule has 2 aliphatic carbocycles. The van der Waals surface area contributed by atoms with Crippen molar-refractivity contribution in [2.75, 3.05) is 0 Å². The summed E-state index contributed by atoms with van der Waals surface area (Å²) in [4.78, 5) is 0. The first-order valence-corrected chi connectivity index (χ1v) is 16.3. The van der Waals surface area contributed by atoms with Crippen LogP contribution in [0.15, 0.2) is 121 Å². The van der Waals surface area contributed by atoms with Crippen molar-refractivity contribution >= 4 is 21.5 Å². The Kier molecular flexibility index (Phi) is 15.5. The van der Waals surface area contributed by atoms with Crippen LogP contribution in [-0.4, -0.2) is 0 Å². The Morgan fingerprint density at radius 1 is 0.500 bits per heavy atom. The molecule has 2 saturated carbocycles. The molecule has 8 rings (SSSR count). The van der Waals surface area contributed by atoms with Crippen LogP contribution in [0.4, 0.5) is 0 Å². The van der Waals surface area contributed by atoms with Gasteiger partial charge in [0.25, 0.3) is 0 Å². The van der Waals surface area contributed by atoms with Crippen molar-refractivity contribution in [3.63, 3.8) is 0 Å². The van der Waals surface area contributed by atoms with Gasteiger partial charge < -0.3 is 45.1 Å². The summed E-state index contributed by atoms with van der Waals surface area (Å²) in [5.74, 6) is 1.59. The Hall–Kier alpha value is -2.45. The molecule has 3 heteroatoms. The standard InChI is InChI=1S/2C20H19.C3H6.2ClH.Hf/c2*1-2-9-16(10-3-1)19-12-6-11-17-13-18(14-20(17)19)15-7-4-5-8-15;1-3-2;;;/h2*1-3,6,9-15H,4-5,7-8H2;1-3H2;2*1H;/q2*-1;-2;;;/p-2. The number of fused-ring (bicyclic) bond motifs is 2. The number of hydrogen-bond acceptors (Lipinski definition) is 0. The van der Waals surface area contributed by atoms with Crippen molar-refractivity contribution in [2.45, 2.75) is 69.6 Å². The number of halogens is 2. The third-order valence-corrected chi connectivity index (χ3v) is 9.37. The van der Waals surface area contributed by atoms with E-state index in [-0.39, 0.29) is 50.7 Å². The largest absolute Gasteiger partial charge is 1.00 e. The van der Waals surface area contributed by atoms with Gasteiger partial charge in [-0.25, -0.2) is 0 Å². The molecule has 2 aliphatic rings. The quantitative estimate of drug-likeness (QED) is 0.136. The molecule has 6 aromatic carbocycles. The molecule has 46 heavy (non-hydrogen) atoms. The van der Waals surface area contributed by atoms with Gasteiger partial charge in [0.1, 0.15) is 0 Å². The Labute approximate surface area is 308 Å². The molecule has 0 heterocycles. The molecule has 240 valence electrons. The summed E-state index contributed by atoms with van der Waals surface area (Å²) in [6.07, 6.45) is 11.8. The molecule has 0 atom stereocenters. The maximum Gasteiger partial charge on any atom is 0 e. The molecule has 0 N–H and O–H groups in total. The summed E-state index contributed by atoms with van der Waals surface area (Å²) in [6, 6.07) is 44.5. The molecule has 0 bridgehead atoms. The van der Waals surface area contributed by atoms with Crippen LogP contribution in [0.2, 0.25) is 0 Å². The first kappa shape index (κ1) is 38.0. The van der Waals surface area contributed by atoms with Gasteiger partial charge >= 0.3 is 0 Å². The normalized spacial score (nSPS) is 14.3. The second-order valence-corrected chi connectivity index (χ2v) is 12.2. The third kappa shape index (κ3) is 8.91. The fraction of sp³-hybridized carbons (Fsp3) is 0.256. The number of hydrogen-bond donors (Lipinski definition) is 0. The van der Waals surface area contributed by atoms with E-state index >= 15 is 0 Å². The van der Waals surface area contributed by atoms with E-state index in [0.29, 0.717) is 0 Å². The first-order chi connectivity index (χ1) is 21.2. The zero-order valence-electron chi connectivity index (χ0n) is 26.7. The van der Waals surface area contributed by atoms with Crippen LogP contribution in [0.5, 0.6) is 0 Å². The summed E-state index contributed by atoms with van der Waals surface area (Å²) in [5, 5.41) is 5.63. The number of rotatable bonds is 4. The van der Waals surface area contributed by atoms with Crippen LogP contribution in [0.3, 0.4) is 0 Å². The average molecular weight is 810 g/mol. The van der Waals surface area contributed by atoms with Gasteiger partial charge in [0, 0.05) is 25.8 Å². The van der Waals surface area contributed by atoms with Gasteiger partial charge in [-0.05, 0) is 48.6 Å². The summed E-state index contributed by atoms with van der Waals surface area (Å²) in [7, 11) is 0. The molecule has 0 amide bonds. The minimum Gasteiger partial charge on any atom is -1.00 e. The Bertz CT molecular complexity index is 1590. The van der Waals surface area contributed by atoms with E-state index in [1.807, 2.05) is 0 Å². The smallest absolute Gasteiger partial charge is 0 e. The van der Waals surface area contributed by atoms with Crippen molar-refractivity contribution in [2.24, 2.45) is 0 Å². The predicted molar refractivity (Wildman–Crippen MR) is 188 cm³/mol. The molecule has 2 fully saturated rings. The summed E-state index contributed by atoms with van der Waals surface area (Å²) in [5.41, 5.74) is 8.49. The van der Waals surface area contributed by atoms with Crippen LogP contribution >= 0.6 is 0 Å². The van der Waals surface area contributed by atoms with Crippen molar-refractivity contribution in [3.8, 4) is 22.3 Å². The van der Waals surface area contributed by atoms with Gasteiger partial charge in [0.15, 0.2) is 0 Å². The van der Waals surface area contributed by atoms with E-state index < -0.39 is 0 Å². The number of benzene rings is 4. The monoisotopic (exact) mass is 810 g/mol. The van der Waals surface area contributed by atoms with E-state index in [1.54, 1.807) is 11.1 Å². The van der Waals surface area contributed by atoms with Gasteiger partial charge in [-0.1, -0.05) is 110 Å². The van der Waals surface area contributed by atoms with Gasteiger partial charge in [0.05, 0.1) is 0 Å². The minimum atomic E-state index is 0. The second kappa shape index (κ2) is 18.8. The van der Waals surface area contributed by atoms with Crippen molar-refractivity contribution in [1.29, 1.82) is 0 Å². The molecule has 0 nitrogen and oxygen atoms in total. The fourth-order valence-electron chi connectivity index (χ4n) is 7.24. The molecule has 0 unspecified atom stereocenters. The van der Waals surface area contributed by atoms with Crippen molar-refractivity contribution in [1.82, 2.24) is 0 Å².